The first-order chi connectivity index (χ1) is 14.5. The first kappa shape index (κ1) is 20.6. The average Bonchev–Trinajstić information content (AvgIpc) is 2.72. The Morgan fingerprint density at radius 3 is 2.33 bits per heavy atom. The Labute approximate surface area is 179 Å². The number of hydrogen-bond donors (Lipinski definition) is 1. The highest BCUT2D eigenvalue weighted by atomic mass is 16.2. The standard InChI is InChI=1S/C26H32N2O2/c1-19(2)15-24(29)28-17-21-10-7-6-9-20(21)16-23(28)25(30)27-18-26(13-8-14-26)22-11-4-3-5-12-22/h3-7,9-12,19,23H,8,13-18H2,1-2H3,(H,27,30). The van der Waals surface area contributed by atoms with Crippen LogP contribution in [0.4, 0.5) is 0 Å². The Morgan fingerprint density at radius 1 is 1.03 bits per heavy atom. The molecule has 2 aromatic carbocycles. The fourth-order valence-corrected chi connectivity index (χ4v) is 4.82. The molecule has 1 unspecified atom stereocenters. The van der Waals surface area contributed by atoms with Gasteiger partial charge in [0, 0.05) is 31.3 Å². The largest absolute Gasteiger partial charge is 0.353 e. The minimum absolute atomic E-state index is 0.0242. The summed E-state index contributed by atoms with van der Waals surface area (Å²) in [6, 6.07) is 18.2. The van der Waals surface area contributed by atoms with Crippen LogP contribution in [0.15, 0.2) is 54.6 Å². The summed E-state index contributed by atoms with van der Waals surface area (Å²) in [6.45, 7) is 5.25. The molecule has 1 atom stereocenters. The number of rotatable bonds is 6. The van der Waals surface area contributed by atoms with Gasteiger partial charge in [-0.2, -0.15) is 0 Å². The summed E-state index contributed by atoms with van der Waals surface area (Å²) in [4.78, 5) is 28.1. The molecule has 4 rings (SSSR count). The summed E-state index contributed by atoms with van der Waals surface area (Å²) in [6.07, 6.45) is 4.45. The fourth-order valence-electron chi connectivity index (χ4n) is 4.82. The summed E-state index contributed by atoms with van der Waals surface area (Å²) in [5.74, 6) is 0.319. The van der Waals surface area contributed by atoms with E-state index >= 15 is 0 Å². The number of hydrogen-bond acceptors (Lipinski definition) is 2. The predicted molar refractivity (Wildman–Crippen MR) is 119 cm³/mol. The second-order valence-electron chi connectivity index (χ2n) is 9.33. The van der Waals surface area contributed by atoms with Gasteiger partial charge in [-0.3, -0.25) is 9.59 Å². The number of amides is 2. The molecule has 0 aromatic heterocycles. The van der Waals surface area contributed by atoms with Crippen LogP contribution in [0.25, 0.3) is 0 Å². The van der Waals surface area contributed by atoms with Crippen molar-refractivity contribution in [2.24, 2.45) is 5.92 Å². The average molecular weight is 405 g/mol. The highest BCUT2D eigenvalue weighted by Gasteiger charge is 2.40. The van der Waals surface area contributed by atoms with Gasteiger partial charge in [-0.1, -0.05) is 74.9 Å². The fraction of sp³-hybridized carbons (Fsp3) is 0.462. The lowest BCUT2D eigenvalue weighted by atomic mass is 9.64. The molecule has 1 heterocycles. The molecular weight excluding hydrogens is 372 g/mol. The van der Waals surface area contributed by atoms with E-state index in [1.807, 2.05) is 32.0 Å². The lowest BCUT2D eigenvalue weighted by Gasteiger charge is -2.43. The topological polar surface area (TPSA) is 49.4 Å². The molecule has 1 N–H and O–H groups in total. The Kier molecular flexibility index (Phi) is 5.94. The van der Waals surface area contributed by atoms with Gasteiger partial charge in [0.05, 0.1) is 0 Å². The summed E-state index contributed by atoms with van der Waals surface area (Å²) in [7, 11) is 0. The Bertz CT molecular complexity index is 902. The van der Waals surface area contributed by atoms with Crippen molar-refractivity contribution >= 4 is 11.8 Å². The summed E-state index contributed by atoms with van der Waals surface area (Å²) in [5, 5.41) is 3.23. The SMILES string of the molecule is CC(C)CC(=O)N1Cc2ccccc2CC1C(=O)NCC1(c2ccccc2)CCC1. The summed E-state index contributed by atoms with van der Waals surface area (Å²) < 4.78 is 0. The van der Waals surface area contributed by atoms with E-state index in [-0.39, 0.29) is 23.1 Å². The lowest BCUT2D eigenvalue weighted by molar-refractivity contribution is -0.142. The molecular formula is C26H32N2O2. The first-order valence-corrected chi connectivity index (χ1v) is 11.2. The second kappa shape index (κ2) is 8.63. The monoisotopic (exact) mass is 404 g/mol. The van der Waals surface area contributed by atoms with E-state index < -0.39 is 6.04 Å². The maximum absolute atomic E-state index is 13.3. The van der Waals surface area contributed by atoms with Crippen molar-refractivity contribution in [2.75, 3.05) is 6.54 Å². The molecule has 1 saturated carbocycles. The van der Waals surface area contributed by atoms with Crippen LogP contribution in [-0.2, 0) is 28.0 Å². The highest BCUT2D eigenvalue weighted by Crippen LogP contribution is 2.43. The van der Waals surface area contributed by atoms with E-state index in [1.54, 1.807) is 4.90 Å². The normalized spacial score (nSPS) is 19.7. The lowest BCUT2D eigenvalue weighted by Crippen LogP contribution is -2.55. The van der Waals surface area contributed by atoms with Gasteiger partial charge < -0.3 is 10.2 Å². The molecule has 2 aliphatic rings. The molecule has 2 aromatic rings. The number of carbonyl (C=O) groups is 2. The second-order valence-corrected chi connectivity index (χ2v) is 9.33. The van der Waals surface area contributed by atoms with Crippen LogP contribution in [0, 0.1) is 5.92 Å². The van der Waals surface area contributed by atoms with Gasteiger partial charge in [-0.25, -0.2) is 0 Å². The van der Waals surface area contributed by atoms with Gasteiger partial charge in [0.15, 0.2) is 0 Å². The van der Waals surface area contributed by atoms with E-state index in [2.05, 4.69) is 41.7 Å². The van der Waals surface area contributed by atoms with E-state index in [1.165, 1.54) is 17.5 Å². The Morgan fingerprint density at radius 2 is 1.70 bits per heavy atom. The van der Waals surface area contributed by atoms with E-state index in [4.69, 9.17) is 0 Å². The molecule has 1 fully saturated rings. The summed E-state index contributed by atoms with van der Waals surface area (Å²) >= 11 is 0. The van der Waals surface area contributed by atoms with Gasteiger partial charge in [-0.15, -0.1) is 0 Å². The van der Waals surface area contributed by atoms with Gasteiger partial charge in [0.2, 0.25) is 11.8 Å². The van der Waals surface area contributed by atoms with Crippen LogP contribution >= 0.6 is 0 Å². The van der Waals surface area contributed by atoms with E-state index in [0.29, 0.717) is 25.9 Å². The molecule has 158 valence electrons. The van der Waals surface area contributed by atoms with Crippen molar-refractivity contribution in [2.45, 2.75) is 64.0 Å². The smallest absolute Gasteiger partial charge is 0.243 e. The quantitative estimate of drug-likeness (QED) is 0.784. The molecule has 30 heavy (non-hydrogen) atoms. The van der Waals surface area contributed by atoms with Crippen LogP contribution < -0.4 is 5.32 Å². The molecule has 0 bridgehead atoms. The van der Waals surface area contributed by atoms with Gasteiger partial charge in [0.1, 0.15) is 6.04 Å². The van der Waals surface area contributed by atoms with Crippen LogP contribution in [0.2, 0.25) is 0 Å². The Hall–Kier alpha value is -2.62. The zero-order valence-electron chi connectivity index (χ0n) is 18.1. The minimum Gasteiger partial charge on any atom is -0.353 e. The number of nitrogens with one attached hydrogen (secondary N) is 1. The van der Waals surface area contributed by atoms with Gasteiger partial charge >= 0.3 is 0 Å². The molecule has 0 spiro atoms. The van der Waals surface area contributed by atoms with Crippen molar-refractivity contribution < 1.29 is 9.59 Å². The number of carbonyl (C=O) groups excluding carboxylic acids is 2. The zero-order valence-corrected chi connectivity index (χ0v) is 18.1. The molecule has 0 saturated heterocycles. The van der Waals surface area contributed by atoms with Crippen molar-refractivity contribution in [3.05, 3.63) is 71.3 Å². The molecule has 4 heteroatoms. The molecule has 1 aliphatic heterocycles. The van der Waals surface area contributed by atoms with Crippen LogP contribution in [0.1, 0.15) is 56.2 Å². The molecule has 2 amide bonds. The van der Waals surface area contributed by atoms with Crippen molar-refractivity contribution in [3.8, 4) is 0 Å². The zero-order chi connectivity index (χ0) is 21.1. The van der Waals surface area contributed by atoms with Crippen LogP contribution in [0.3, 0.4) is 0 Å². The highest BCUT2D eigenvalue weighted by molar-refractivity contribution is 5.88. The van der Waals surface area contributed by atoms with E-state index in [9.17, 15) is 9.59 Å². The van der Waals surface area contributed by atoms with Gasteiger partial charge in [-0.05, 0) is 35.4 Å². The molecule has 1 aliphatic carbocycles. The van der Waals surface area contributed by atoms with Crippen LogP contribution in [-0.4, -0.2) is 29.3 Å². The predicted octanol–water partition coefficient (Wildman–Crippen LogP) is 4.22. The number of benzene rings is 2. The van der Waals surface area contributed by atoms with E-state index in [0.717, 1.165) is 18.4 Å². The number of nitrogens with zero attached hydrogens (tertiary/aromatic N) is 1. The minimum atomic E-state index is -0.431. The third kappa shape index (κ3) is 4.14. The van der Waals surface area contributed by atoms with Crippen molar-refractivity contribution in [1.82, 2.24) is 10.2 Å². The van der Waals surface area contributed by atoms with Gasteiger partial charge in [0.25, 0.3) is 0 Å². The molecule has 4 nitrogen and oxygen atoms in total. The first-order valence-electron chi connectivity index (χ1n) is 11.2. The molecule has 0 radical (unpaired) electrons. The summed E-state index contributed by atoms with van der Waals surface area (Å²) in [5.41, 5.74) is 3.67. The number of fused-ring (bicyclic) bond motifs is 1. The maximum atomic E-state index is 13.3. The Balaban J connectivity index is 1.51. The van der Waals surface area contributed by atoms with Crippen molar-refractivity contribution in [3.63, 3.8) is 0 Å². The maximum Gasteiger partial charge on any atom is 0.243 e. The third-order valence-electron chi connectivity index (χ3n) is 6.75. The third-order valence-corrected chi connectivity index (χ3v) is 6.75. The van der Waals surface area contributed by atoms with Crippen molar-refractivity contribution in [1.29, 1.82) is 0 Å². The van der Waals surface area contributed by atoms with Crippen LogP contribution in [0.5, 0.6) is 0 Å².